The highest BCUT2D eigenvalue weighted by atomic mass is 16.3. The first-order valence-electron chi connectivity index (χ1n) is 7.68. The highest BCUT2D eigenvalue weighted by Gasteiger charge is 2.17. The minimum Gasteiger partial charge on any atom is -0.395 e. The van der Waals surface area contributed by atoms with Gasteiger partial charge in [0.15, 0.2) is 0 Å². The Balaban J connectivity index is 2.00. The van der Waals surface area contributed by atoms with Gasteiger partial charge in [0.25, 0.3) is 0 Å². The molecule has 2 rings (SSSR count). The van der Waals surface area contributed by atoms with Gasteiger partial charge in [-0.15, -0.1) is 0 Å². The van der Waals surface area contributed by atoms with E-state index in [0.717, 1.165) is 5.56 Å². The maximum Gasteiger partial charge on any atom is 0.223 e. The summed E-state index contributed by atoms with van der Waals surface area (Å²) in [5.74, 6) is 0.250. The third-order valence-corrected chi connectivity index (χ3v) is 3.79. The molecule has 1 atom stereocenters. The summed E-state index contributed by atoms with van der Waals surface area (Å²) < 4.78 is 0. The number of rotatable bonds is 7. The van der Waals surface area contributed by atoms with Crippen molar-refractivity contribution in [3.8, 4) is 0 Å². The van der Waals surface area contributed by atoms with E-state index in [-0.39, 0.29) is 18.4 Å². The smallest absolute Gasteiger partial charge is 0.223 e. The first-order valence-corrected chi connectivity index (χ1v) is 7.68. The van der Waals surface area contributed by atoms with Gasteiger partial charge in [-0.1, -0.05) is 67.6 Å². The van der Waals surface area contributed by atoms with Gasteiger partial charge in [0, 0.05) is 19.5 Å². The molecule has 1 amide bonds. The van der Waals surface area contributed by atoms with E-state index in [0.29, 0.717) is 19.5 Å². The van der Waals surface area contributed by atoms with E-state index in [9.17, 15) is 9.90 Å². The predicted octanol–water partition coefficient (Wildman–Crippen LogP) is 3.20. The number of hydrogen-bond acceptors (Lipinski definition) is 2. The fourth-order valence-electron chi connectivity index (χ4n) is 2.51. The van der Waals surface area contributed by atoms with Crippen molar-refractivity contribution in [2.24, 2.45) is 0 Å². The minimum absolute atomic E-state index is 0.0156. The molecular formula is C19H23NO2. The Hall–Kier alpha value is -2.13. The van der Waals surface area contributed by atoms with E-state index < -0.39 is 0 Å². The molecule has 3 heteroatoms. The third kappa shape index (κ3) is 4.71. The summed E-state index contributed by atoms with van der Waals surface area (Å²) in [7, 11) is 0. The first-order chi connectivity index (χ1) is 10.7. The standard InChI is InChI=1S/C19H23NO2/c1-16(18-10-6-3-7-11-18)14-19(22)20(12-13-21)15-17-8-4-2-5-9-17/h2-11,16,21H,12-15H2,1H3. The van der Waals surface area contributed by atoms with Crippen LogP contribution in [0.1, 0.15) is 30.4 Å². The Labute approximate surface area is 132 Å². The number of nitrogens with zero attached hydrogens (tertiary/aromatic N) is 1. The van der Waals surface area contributed by atoms with E-state index >= 15 is 0 Å². The summed E-state index contributed by atoms with van der Waals surface area (Å²) in [5, 5.41) is 9.22. The lowest BCUT2D eigenvalue weighted by Crippen LogP contribution is -2.33. The van der Waals surface area contributed by atoms with Gasteiger partial charge in [-0.05, 0) is 17.0 Å². The van der Waals surface area contributed by atoms with Crippen LogP contribution in [0, 0.1) is 0 Å². The molecule has 0 spiro atoms. The summed E-state index contributed by atoms with van der Waals surface area (Å²) >= 11 is 0. The van der Waals surface area contributed by atoms with Gasteiger partial charge in [-0.3, -0.25) is 4.79 Å². The third-order valence-electron chi connectivity index (χ3n) is 3.79. The van der Waals surface area contributed by atoms with Gasteiger partial charge >= 0.3 is 0 Å². The van der Waals surface area contributed by atoms with Crippen LogP contribution in [0.25, 0.3) is 0 Å². The number of benzene rings is 2. The van der Waals surface area contributed by atoms with Gasteiger partial charge in [0.1, 0.15) is 0 Å². The van der Waals surface area contributed by atoms with Crippen LogP contribution < -0.4 is 0 Å². The normalized spacial score (nSPS) is 11.9. The average Bonchev–Trinajstić information content (AvgIpc) is 2.56. The molecule has 0 fully saturated rings. The average molecular weight is 297 g/mol. The van der Waals surface area contributed by atoms with Crippen LogP contribution in [-0.4, -0.2) is 29.1 Å². The Morgan fingerprint density at radius 2 is 1.64 bits per heavy atom. The quantitative estimate of drug-likeness (QED) is 0.852. The van der Waals surface area contributed by atoms with Gasteiger partial charge in [0.2, 0.25) is 5.91 Å². The monoisotopic (exact) mass is 297 g/mol. The van der Waals surface area contributed by atoms with E-state index in [1.165, 1.54) is 5.56 Å². The number of aliphatic hydroxyl groups is 1. The topological polar surface area (TPSA) is 40.5 Å². The van der Waals surface area contributed by atoms with E-state index in [1.54, 1.807) is 4.90 Å². The molecule has 2 aromatic rings. The number of carbonyl (C=O) groups excluding carboxylic acids is 1. The molecule has 0 bridgehead atoms. The van der Waals surface area contributed by atoms with Crippen molar-refractivity contribution >= 4 is 5.91 Å². The zero-order chi connectivity index (χ0) is 15.8. The molecule has 0 radical (unpaired) electrons. The molecule has 22 heavy (non-hydrogen) atoms. The highest BCUT2D eigenvalue weighted by Crippen LogP contribution is 2.20. The van der Waals surface area contributed by atoms with E-state index in [4.69, 9.17) is 0 Å². The van der Waals surface area contributed by atoms with Gasteiger partial charge < -0.3 is 10.0 Å². The molecule has 0 aliphatic carbocycles. The predicted molar refractivity (Wildman–Crippen MR) is 88.4 cm³/mol. The van der Waals surface area contributed by atoms with Crippen LogP contribution in [-0.2, 0) is 11.3 Å². The second-order valence-electron chi connectivity index (χ2n) is 5.54. The van der Waals surface area contributed by atoms with Crippen LogP contribution in [0.3, 0.4) is 0 Å². The summed E-state index contributed by atoms with van der Waals surface area (Å²) in [4.78, 5) is 14.3. The summed E-state index contributed by atoms with van der Waals surface area (Å²) in [5.41, 5.74) is 2.25. The number of amides is 1. The highest BCUT2D eigenvalue weighted by molar-refractivity contribution is 5.77. The molecule has 0 aromatic heterocycles. The Morgan fingerprint density at radius 1 is 1.05 bits per heavy atom. The molecule has 0 aliphatic heterocycles. The van der Waals surface area contributed by atoms with Crippen molar-refractivity contribution in [2.45, 2.75) is 25.8 Å². The lowest BCUT2D eigenvalue weighted by Gasteiger charge is -2.24. The fraction of sp³-hybridized carbons (Fsp3) is 0.316. The summed E-state index contributed by atoms with van der Waals surface area (Å²) in [6.45, 7) is 2.96. The van der Waals surface area contributed by atoms with Crippen LogP contribution in [0.15, 0.2) is 60.7 Å². The SMILES string of the molecule is CC(CC(=O)N(CCO)Cc1ccccc1)c1ccccc1. The van der Waals surface area contributed by atoms with E-state index in [2.05, 4.69) is 6.92 Å². The lowest BCUT2D eigenvalue weighted by atomic mass is 9.97. The van der Waals surface area contributed by atoms with Crippen LogP contribution >= 0.6 is 0 Å². The van der Waals surface area contributed by atoms with Gasteiger partial charge in [-0.25, -0.2) is 0 Å². The molecule has 0 aliphatic rings. The zero-order valence-corrected chi connectivity index (χ0v) is 13.0. The number of aliphatic hydroxyl groups excluding tert-OH is 1. The van der Waals surface area contributed by atoms with Crippen molar-refractivity contribution in [2.75, 3.05) is 13.2 Å². The molecule has 0 saturated heterocycles. The van der Waals surface area contributed by atoms with Gasteiger partial charge in [-0.2, -0.15) is 0 Å². The molecule has 3 nitrogen and oxygen atoms in total. The molecule has 1 N–H and O–H groups in total. The van der Waals surface area contributed by atoms with Gasteiger partial charge in [0.05, 0.1) is 6.61 Å². The van der Waals surface area contributed by atoms with Crippen LogP contribution in [0.2, 0.25) is 0 Å². The van der Waals surface area contributed by atoms with Crippen LogP contribution in [0.5, 0.6) is 0 Å². The first kappa shape index (κ1) is 16.2. The zero-order valence-electron chi connectivity index (χ0n) is 13.0. The maximum atomic E-state index is 12.5. The lowest BCUT2D eigenvalue weighted by molar-refractivity contribution is -0.132. The van der Waals surface area contributed by atoms with Crippen molar-refractivity contribution in [1.82, 2.24) is 4.90 Å². The van der Waals surface area contributed by atoms with Crippen LogP contribution in [0.4, 0.5) is 0 Å². The second kappa shape index (κ2) is 8.35. The summed E-state index contributed by atoms with van der Waals surface area (Å²) in [6, 6.07) is 19.9. The largest absolute Gasteiger partial charge is 0.395 e. The Bertz CT molecular complexity index is 569. The molecule has 1 unspecified atom stereocenters. The summed E-state index contributed by atoms with van der Waals surface area (Å²) in [6.07, 6.45) is 0.455. The molecule has 0 saturated carbocycles. The Morgan fingerprint density at radius 3 is 2.23 bits per heavy atom. The number of hydrogen-bond donors (Lipinski definition) is 1. The fourth-order valence-corrected chi connectivity index (χ4v) is 2.51. The molecule has 2 aromatic carbocycles. The number of carbonyl (C=O) groups is 1. The molecule has 116 valence electrons. The minimum atomic E-state index is -0.0156. The van der Waals surface area contributed by atoms with E-state index in [1.807, 2.05) is 60.7 Å². The molecular weight excluding hydrogens is 274 g/mol. The Kier molecular flexibility index (Phi) is 6.16. The second-order valence-corrected chi connectivity index (χ2v) is 5.54. The maximum absolute atomic E-state index is 12.5. The molecule has 0 heterocycles. The van der Waals surface area contributed by atoms with Crippen molar-refractivity contribution < 1.29 is 9.90 Å². The van der Waals surface area contributed by atoms with Crippen molar-refractivity contribution in [3.05, 3.63) is 71.8 Å². The van der Waals surface area contributed by atoms with Crippen molar-refractivity contribution in [1.29, 1.82) is 0 Å². The van der Waals surface area contributed by atoms with Crippen molar-refractivity contribution in [3.63, 3.8) is 0 Å².